The van der Waals surface area contributed by atoms with E-state index in [4.69, 9.17) is 16.3 Å². The van der Waals surface area contributed by atoms with Crippen molar-refractivity contribution < 1.29 is 23.4 Å². The van der Waals surface area contributed by atoms with Crippen molar-refractivity contribution >= 4 is 34.4 Å². The highest BCUT2D eigenvalue weighted by Gasteiger charge is 2.28. The predicted molar refractivity (Wildman–Crippen MR) is 126 cm³/mol. The number of aromatic nitrogens is 4. The molecule has 9 nitrogen and oxygen atoms in total. The van der Waals surface area contributed by atoms with Gasteiger partial charge in [-0.25, -0.2) is 8.78 Å². The van der Waals surface area contributed by atoms with Crippen LogP contribution in [-0.4, -0.2) is 62.3 Å². The van der Waals surface area contributed by atoms with Crippen molar-refractivity contribution in [1.82, 2.24) is 25.1 Å². The number of carbonyl (C=O) groups is 1. The van der Waals surface area contributed by atoms with Gasteiger partial charge in [0.1, 0.15) is 23.4 Å². The van der Waals surface area contributed by atoms with Crippen molar-refractivity contribution in [2.45, 2.75) is 19.1 Å². The summed E-state index contributed by atoms with van der Waals surface area (Å²) in [6.07, 6.45) is -1.11. The summed E-state index contributed by atoms with van der Waals surface area (Å²) in [5.41, 5.74) is 1.14. The molecule has 0 aliphatic carbocycles. The maximum atomic E-state index is 14.2. The highest BCUT2D eigenvalue weighted by molar-refractivity contribution is 6.33. The second-order valence-corrected chi connectivity index (χ2v) is 8.31. The van der Waals surface area contributed by atoms with E-state index in [0.717, 1.165) is 12.1 Å². The lowest BCUT2D eigenvalue weighted by atomic mass is 10.1. The summed E-state index contributed by atoms with van der Waals surface area (Å²) >= 11 is 6.37. The Morgan fingerprint density at radius 1 is 1.20 bits per heavy atom. The third-order valence-corrected chi connectivity index (χ3v) is 5.43. The Hall–Kier alpha value is -3.83. The number of likely N-dealkylation sites (N-methyl/N-ethyl adjacent to an activating group) is 1. The van der Waals surface area contributed by atoms with E-state index >= 15 is 0 Å². The van der Waals surface area contributed by atoms with Crippen molar-refractivity contribution in [3.8, 4) is 23.0 Å². The first kappa shape index (κ1) is 24.3. The van der Waals surface area contributed by atoms with Crippen LogP contribution in [0.1, 0.15) is 6.92 Å². The number of amides is 1. The van der Waals surface area contributed by atoms with Crippen LogP contribution in [0.3, 0.4) is 0 Å². The molecular formula is C23H21ClF2N6O3. The summed E-state index contributed by atoms with van der Waals surface area (Å²) in [6, 6.07) is 8.37. The number of aliphatic hydroxyl groups excluding tert-OH is 1. The number of benzene rings is 2. The lowest BCUT2D eigenvalue weighted by Gasteiger charge is -2.24. The van der Waals surface area contributed by atoms with Gasteiger partial charge >= 0.3 is 6.01 Å². The molecule has 0 aliphatic rings. The maximum absolute atomic E-state index is 14.2. The van der Waals surface area contributed by atoms with E-state index < -0.39 is 29.7 Å². The largest absolute Gasteiger partial charge is 0.421 e. The number of nitrogens with one attached hydrogen (secondary N) is 2. The molecule has 182 valence electrons. The summed E-state index contributed by atoms with van der Waals surface area (Å²) in [4.78, 5) is 22.6. The topological polar surface area (TPSA) is 116 Å². The van der Waals surface area contributed by atoms with Crippen molar-refractivity contribution in [3.63, 3.8) is 0 Å². The zero-order valence-corrected chi connectivity index (χ0v) is 19.6. The number of rotatable bonds is 7. The fourth-order valence-electron chi connectivity index (χ4n) is 3.38. The summed E-state index contributed by atoms with van der Waals surface area (Å²) in [7, 11) is 3.10. The molecule has 3 N–H and O–H groups in total. The Bertz CT molecular complexity index is 1400. The standard InChI is InChI=1S/C23H21ClF2N6O3/c1-11(33)18(22(34)32(2)3)27-20-17-19(13-6-4-5-7-14(13)24)30-31-21(17)29-23(28-20)35-16-9-8-12(25)10-15(16)26/h4-11,18,33H,1-3H3,(H2,27,28,29,30,31)/t11-,18+/m1/s1. The number of nitrogens with zero attached hydrogens (tertiary/aromatic N) is 4. The second kappa shape index (κ2) is 9.80. The Morgan fingerprint density at radius 3 is 2.60 bits per heavy atom. The summed E-state index contributed by atoms with van der Waals surface area (Å²) in [6.45, 7) is 1.45. The second-order valence-electron chi connectivity index (χ2n) is 7.90. The van der Waals surface area contributed by atoms with Crippen molar-refractivity contribution in [2.75, 3.05) is 19.4 Å². The third-order valence-electron chi connectivity index (χ3n) is 5.10. The third kappa shape index (κ3) is 5.00. The van der Waals surface area contributed by atoms with Crippen LogP contribution in [0.4, 0.5) is 14.6 Å². The van der Waals surface area contributed by atoms with Gasteiger partial charge in [0.05, 0.1) is 16.5 Å². The zero-order valence-electron chi connectivity index (χ0n) is 18.9. The Kier molecular flexibility index (Phi) is 6.81. The number of aliphatic hydroxyl groups is 1. The Balaban J connectivity index is 1.87. The van der Waals surface area contributed by atoms with Gasteiger partial charge in [0.15, 0.2) is 17.2 Å². The monoisotopic (exact) mass is 502 g/mol. The van der Waals surface area contributed by atoms with E-state index in [9.17, 15) is 18.7 Å². The molecule has 0 bridgehead atoms. The van der Waals surface area contributed by atoms with E-state index in [0.29, 0.717) is 27.7 Å². The smallest absolute Gasteiger partial charge is 0.326 e. The molecule has 4 rings (SSSR count). The molecule has 2 aromatic carbocycles. The highest BCUT2D eigenvalue weighted by Crippen LogP contribution is 2.36. The quantitative estimate of drug-likeness (QED) is 0.350. The molecule has 2 atom stereocenters. The molecule has 2 aromatic heterocycles. The number of H-pyrrole nitrogens is 1. The van der Waals surface area contributed by atoms with Gasteiger partial charge in [-0.3, -0.25) is 9.89 Å². The first-order valence-electron chi connectivity index (χ1n) is 10.5. The van der Waals surface area contributed by atoms with Crippen LogP contribution in [0, 0.1) is 11.6 Å². The molecule has 0 radical (unpaired) electrons. The van der Waals surface area contributed by atoms with Crippen LogP contribution < -0.4 is 10.1 Å². The van der Waals surface area contributed by atoms with E-state index in [-0.39, 0.29) is 23.2 Å². The predicted octanol–water partition coefficient (Wildman–Crippen LogP) is 3.99. The van der Waals surface area contributed by atoms with Crippen LogP contribution in [0.2, 0.25) is 5.02 Å². The van der Waals surface area contributed by atoms with Gasteiger partial charge in [0.25, 0.3) is 0 Å². The molecule has 12 heteroatoms. The first-order valence-corrected chi connectivity index (χ1v) is 10.8. The van der Waals surface area contributed by atoms with Crippen LogP contribution >= 0.6 is 11.6 Å². The molecule has 0 fully saturated rings. The van der Waals surface area contributed by atoms with Gasteiger partial charge in [-0.1, -0.05) is 29.8 Å². The number of fused-ring (bicyclic) bond motifs is 1. The van der Waals surface area contributed by atoms with Gasteiger partial charge in [0, 0.05) is 25.7 Å². The number of hydrogen-bond acceptors (Lipinski definition) is 7. The first-order chi connectivity index (χ1) is 16.7. The van der Waals surface area contributed by atoms with Gasteiger partial charge in [0.2, 0.25) is 5.91 Å². The summed E-state index contributed by atoms with van der Waals surface area (Å²) in [5.74, 6) is -2.36. The van der Waals surface area contributed by atoms with Crippen molar-refractivity contribution in [1.29, 1.82) is 0 Å². The van der Waals surface area contributed by atoms with Crippen LogP contribution in [0.5, 0.6) is 11.8 Å². The molecule has 4 aromatic rings. The van der Waals surface area contributed by atoms with Gasteiger partial charge in [-0.15, -0.1) is 0 Å². The molecule has 0 aliphatic heterocycles. The number of aromatic amines is 1. The number of halogens is 3. The zero-order chi connectivity index (χ0) is 25.3. The normalized spacial score (nSPS) is 12.9. The minimum atomic E-state index is -1.11. The van der Waals surface area contributed by atoms with Crippen molar-refractivity contribution in [2.24, 2.45) is 0 Å². The fourth-order valence-corrected chi connectivity index (χ4v) is 3.60. The van der Waals surface area contributed by atoms with E-state index in [1.165, 1.54) is 11.8 Å². The van der Waals surface area contributed by atoms with E-state index in [2.05, 4.69) is 25.5 Å². The van der Waals surface area contributed by atoms with Gasteiger partial charge in [-0.05, 0) is 25.1 Å². The number of ether oxygens (including phenoxy) is 1. The lowest BCUT2D eigenvalue weighted by Crippen LogP contribution is -2.45. The highest BCUT2D eigenvalue weighted by atomic mass is 35.5. The van der Waals surface area contributed by atoms with Crippen LogP contribution in [-0.2, 0) is 4.79 Å². The average Bonchev–Trinajstić information content (AvgIpc) is 3.22. The molecule has 0 unspecified atom stereocenters. The molecule has 0 saturated carbocycles. The van der Waals surface area contributed by atoms with Gasteiger partial charge in [-0.2, -0.15) is 15.1 Å². The molecule has 2 heterocycles. The molecular weight excluding hydrogens is 482 g/mol. The van der Waals surface area contributed by atoms with Crippen LogP contribution in [0.15, 0.2) is 42.5 Å². The lowest BCUT2D eigenvalue weighted by molar-refractivity contribution is -0.131. The number of anilines is 1. The fraction of sp³-hybridized carbons (Fsp3) is 0.217. The molecule has 35 heavy (non-hydrogen) atoms. The number of hydrogen-bond donors (Lipinski definition) is 3. The molecule has 0 saturated heterocycles. The molecule has 0 spiro atoms. The van der Waals surface area contributed by atoms with Crippen LogP contribution in [0.25, 0.3) is 22.3 Å². The minimum absolute atomic E-state index is 0.0808. The average molecular weight is 503 g/mol. The summed E-state index contributed by atoms with van der Waals surface area (Å²) < 4.78 is 32.9. The minimum Gasteiger partial charge on any atom is -0.421 e. The van der Waals surface area contributed by atoms with Crippen molar-refractivity contribution in [3.05, 3.63) is 59.1 Å². The Labute approximate surface area is 203 Å². The Morgan fingerprint density at radius 2 is 1.94 bits per heavy atom. The van der Waals surface area contributed by atoms with E-state index in [1.54, 1.807) is 38.4 Å². The molecule has 1 amide bonds. The van der Waals surface area contributed by atoms with Gasteiger partial charge < -0.3 is 20.1 Å². The number of carbonyl (C=O) groups excluding carboxylic acids is 1. The SMILES string of the molecule is C[C@@H](O)[C@H](Nc1nc(Oc2ccc(F)cc2F)nc2[nH]nc(-c3ccccc3Cl)c12)C(=O)N(C)C. The summed E-state index contributed by atoms with van der Waals surface area (Å²) in [5, 5.41) is 21.1. The maximum Gasteiger partial charge on any atom is 0.326 e. The van der Waals surface area contributed by atoms with E-state index in [1.807, 2.05) is 0 Å².